The summed E-state index contributed by atoms with van der Waals surface area (Å²) in [4.78, 5) is 35.9. The van der Waals surface area contributed by atoms with Gasteiger partial charge in [-0.25, -0.2) is 9.97 Å². The Morgan fingerprint density at radius 1 is 0.975 bits per heavy atom. The Morgan fingerprint density at radius 3 is 2.62 bits per heavy atom. The summed E-state index contributed by atoms with van der Waals surface area (Å²) >= 11 is 0. The number of aliphatic carboxylic acids is 1. The van der Waals surface area contributed by atoms with Crippen LogP contribution in [0, 0.1) is 0 Å². The SMILES string of the molecule is O=CC(c1ccc2nc(-c3ccccc3)c(CCCCC(=O)O)nc2c1)N1CCC2(CCCc3ccccc32)C1. The molecule has 2 aliphatic rings. The van der Waals surface area contributed by atoms with Crippen molar-refractivity contribution in [3.63, 3.8) is 0 Å². The van der Waals surface area contributed by atoms with Gasteiger partial charge >= 0.3 is 5.97 Å². The number of hydrogen-bond acceptors (Lipinski definition) is 5. The van der Waals surface area contributed by atoms with Crippen LogP contribution in [0.2, 0.25) is 0 Å². The zero-order chi connectivity index (χ0) is 27.5. The van der Waals surface area contributed by atoms with Gasteiger partial charge in [0.1, 0.15) is 6.29 Å². The van der Waals surface area contributed by atoms with Crippen molar-refractivity contribution in [2.24, 2.45) is 0 Å². The zero-order valence-corrected chi connectivity index (χ0v) is 22.8. The van der Waals surface area contributed by atoms with Gasteiger partial charge in [-0.1, -0.05) is 60.7 Å². The Bertz CT molecular complexity index is 1540. The lowest BCUT2D eigenvalue weighted by Crippen LogP contribution is -2.36. The average Bonchev–Trinajstić information content (AvgIpc) is 3.39. The first-order valence-electron chi connectivity index (χ1n) is 14.4. The van der Waals surface area contributed by atoms with Crippen molar-refractivity contribution in [3.8, 4) is 11.3 Å². The smallest absolute Gasteiger partial charge is 0.303 e. The van der Waals surface area contributed by atoms with Crippen molar-refractivity contribution in [2.75, 3.05) is 13.1 Å². The van der Waals surface area contributed by atoms with Crippen LogP contribution >= 0.6 is 0 Å². The van der Waals surface area contributed by atoms with Crippen molar-refractivity contribution >= 4 is 23.3 Å². The maximum absolute atomic E-state index is 12.6. The van der Waals surface area contributed by atoms with Gasteiger partial charge in [0.2, 0.25) is 0 Å². The van der Waals surface area contributed by atoms with Crippen molar-refractivity contribution in [2.45, 2.75) is 62.8 Å². The van der Waals surface area contributed by atoms with Gasteiger partial charge in [0, 0.05) is 30.5 Å². The number of carboxylic acid groups (broad SMARTS) is 1. The molecular formula is C34H35N3O3. The number of carbonyl (C=O) groups is 2. The lowest BCUT2D eigenvalue weighted by atomic mass is 9.69. The third-order valence-corrected chi connectivity index (χ3v) is 8.80. The van der Waals surface area contributed by atoms with E-state index >= 15 is 0 Å². The minimum atomic E-state index is -0.780. The molecule has 1 saturated heterocycles. The Morgan fingerprint density at radius 2 is 1.80 bits per heavy atom. The van der Waals surface area contributed by atoms with E-state index < -0.39 is 5.97 Å². The fourth-order valence-corrected chi connectivity index (χ4v) is 6.81. The third-order valence-electron chi connectivity index (χ3n) is 8.80. The summed E-state index contributed by atoms with van der Waals surface area (Å²) in [7, 11) is 0. The summed E-state index contributed by atoms with van der Waals surface area (Å²) in [5, 5.41) is 9.05. The number of fused-ring (bicyclic) bond motifs is 3. The van der Waals surface area contributed by atoms with Gasteiger partial charge in [0.05, 0.1) is 28.5 Å². The van der Waals surface area contributed by atoms with Crippen LogP contribution in [0.15, 0.2) is 72.8 Å². The molecule has 1 spiro atoms. The van der Waals surface area contributed by atoms with Gasteiger partial charge in [-0.3, -0.25) is 9.69 Å². The quantitative estimate of drug-likeness (QED) is 0.200. The number of aldehydes is 1. The molecule has 1 aromatic heterocycles. The van der Waals surface area contributed by atoms with Crippen LogP contribution in [0.3, 0.4) is 0 Å². The van der Waals surface area contributed by atoms with Crippen molar-refractivity contribution in [1.29, 1.82) is 0 Å². The fraction of sp³-hybridized carbons (Fsp3) is 0.353. The second-order valence-corrected chi connectivity index (χ2v) is 11.3. The lowest BCUT2D eigenvalue weighted by molar-refractivity contribution is -0.137. The van der Waals surface area contributed by atoms with Gasteiger partial charge in [0.15, 0.2) is 0 Å². The van der Waals surface area contributed by atoms with Crippen LogP contribution < -0.4 is 0 Å². The lowest BCUT2D eigenvalue weighted by Gasteiger charge is -2.36. The Hall–Kier alpha value is -3.90. The molecule has 0 amide bonds. The molecule has 1 N–H and O–H groups in total. The summed E-state index contributed by atoms with van der Waals surface area (Å²) in [5.41, 5.74) is 8.26. The molecule has 6 rings (SSSR count). The average molecular weight is 534 g/mol. The molecule has 40 heavy (non-hydrogen) atoms. The number of nitrogens with zero attached hydrogens (tertiary/aromatic N) is 3. The number of aromatic nitrogens is 2. The zero-order valence-electron chi connectivity index (χ0n) is 22.8. The Balaban J connectivity index is 1.30. The van der Waals surface area contributed by atoms with Crippen LogP contribution in [-0.4, -0.2) is 45.3 Å². The minimum Gasteiger partial charge on any atom is -0.481 e. The second kappa shape index (κ2) is 11.3. The van der Waals surface area contributed by atoms with E-state index in [4.69, 9.17) is 15.1 Å². The molecule has 0 radical (unpaired) electrons. The van der Waals surface area contributed by atoms with E-state index in [9.17, 15) is 9.59 Å². The molecule has 2 atom stereocenters. The molecule has 1 fully saturated rings. The summed E-state index contributed by atoms with van der Waals surface area (Å²) in [6.07, 6.45) is 7.77. The Labute approximate surface area is 235 Å². The molecule has 3 aromatic carbocycles. The first-order chi connectivity index (χ1) is 19.6. The van der Waals surface area contributed by atoms with Gasteiger partial charge in [0.25, 0.3) is 0 Å². The highest BCUT2D eigenvalue weighted by molar-refractivity contribution is 5.80. The normalized spacial score (nSPS) is 19.5. The second-order valence-electron chi connectivity index (χ2n) is 11.3. The van der Waals surface area contributed by atoms with Crippen LogP contribution in [0.25, 0.3) is 22.3 Å². The number of hydrogen-bond donors (Lipinski definition) is 1. The molecule has 2 unspecified atom stereocenters. The molecule has 1 aliphatic carbocycles. The number of aryl methyl sites for hydroxylation is 2. The predicted molar refractivity (Wildman–Crippen MR) is 156 cm³/mol. The number of carboxylic acids is 1. The molecule has 6 nitrogen and oxygen atoms in total. The largest absolute Gasteiger partial charge is 0.481 e. The maximum atomic E-state index is 12.6. The van der Waals surface area contributed by atoms with Crippen LogP contribution in [0.4, 0.5) is 0 Å². The summed E-state index contributed by atoms with van der Waals surface area (Å²) < 4.78 is 0. The predicted octanol–water partition coefficient (Wildman–Crippen LogP) is 6.31. The topological polar surface area (TPSA) is 83.4 Å². The van der Waals surface area contributed by atoms with Crippen molar-refractivity contribution < 1.29 is 14.7 Å². The van der Waals surface area contributed by atoms with Gasteiger partial charge in [-0.15, -0.1) is 0 Å². The molecule has 4 aromatic rings. The van der Waals surface area contributed by atoms with E-state index in [1.807, 2.05) is 48.5 Å². The van der Waals surface area contributed by atoms with E-state index in [2.05, 4.69) is 29.2 Å². The monoisotopic (exact) mass is 533 g/mol. The molecular weight excluding hydrogens is 498 g/mol. The van der Waals surface area contributed by atoms with Crippen molar-refractivity contribution in [1.82, 2.24) is 14.9 Å². The van der Waals surface area contributed by atoms with E-state index in [1.54, 1.807) is 0 Å². The van der Waals surface area contributed by atoms with E-state index in [1.165, 1.54) is 24.0 Å². The number of unbranched alkanes of at least 4 members (excludes halogenated alkanes) is 1. The number of likely N-dealkylation sites (tertiary alicyclic amines) is 1. The standard InChI is InChI=1S/C34H35N3O3/c38-22-31(37-20-19-34(23-37)18-8-12-24-9-4-5-13-27(24)34)26-16-17-28-30(21-26)35-29(14-6-7-15-32(39)40)33(36-28)25-10-2-1-3-11-25/h1-5,9-11,13,16-17,21-22,31H,6-8,12,14-15,18-20,23H2,(H,39,40). The van der Waals surface area contributed by atoms with Gasteiger partial charge in [-0.05, 0) is 73.8 Å². The number of rotatable bonds is 9. The van der Waals surface area contributed by atoms with Gasteiger partial charge < -0.3 is 9.90 Å². The number of carbonyl (C=O) groups excluding carboxylic acids is 1. The van der Waals surface area contributed by atoms with Crippen LogP contribution in [0.5, 0.6) is 0 Å². The highest BCUT2D eigenvalue weighted by Crippen LogP contribution is 2.45. The molecule has 204 valence electrons. The molecule has 6 heteroatoms. The maximum Gasteiger partial charge on any atom is 0.303 e. The van der Waals surface area contributed by atoms with E-state index in [0.29, 0.717) is 12.8 Å². The van der Waals surface area contributed by atoms with Crippen LogP contribution in [0.1, 0.15) is 67.0 Å². The highest BCUT2D eigenvalue weighted by atomic mass is 16.4. The third kappa shape index (κ3) is 5.16. The summed E-state index contributed by atoms with van der Waals surface area (Å²) in [6.45, 7) is 1.78. The minimum absolute atomic E-state index is 0.125. The molecule has 0 saturated carbocycles. The van der Waals surface area contributed by atoms with E-state index in [0.717, 1.165) is 72.2 Å². The fourth-order valence-electron chi connectivity index (χ4n) is 6.81. The molecule has 0 bridgehead atoms. The molecule has 1 aliphatic heterocycles. The summed E-state index contributed by atoms with van der Waals surface area (Å²) in [5.74, 6) is -0.780. The first kappa shape index (κ1) is 26.3. The van der Waals surface area contributed by atoms with E-state index in [-0.39, 0.29) is 17.9 Å². The van der Waals surface area contributed by atoms with Crippen LogP contribution in [-0.2, 0) is 27.8 Å². The molecule has 2 heterocycles. The highest BCUT2D eigenvalue weighted by Gasteiger charge is 2.44. The van der Waals surface area contributed by atoms with Gasteiger partial charge in [-0.2, -0.15) is 0 Å². The Kier molecular flexibility index (Phi) is 7.44. The van der Waals surface area contributed by atoms with Crippen molar-refractivity contribution in [3.05, 3.63) is 95.2 Å². The number of benzene rings is 3. The first-order valence-corrected chi connectivity index (χ1v) is 14.4. The summed E-state index contributed by atoms with van der Waals surface area (Å²) in [6, 6.07) is 24.6.